The van der Waals surface area contributed by atoms with Gasteiger partial charge in [0.2, 0.25) is 11.8 Å². The molecule has 8 rings (SSSR count). The molecule has 0 aromatic heterocycles. The van der Waals surface area contributed by atoms with Crippen molar-refractivity contribution in [2.24, 2.45) is 0 Å². The molecule has 25 N–H and O–H groups in total. The lowest BCUT2D eigenvalue weighted by molar-refractivity contribution is -0.394. The molecule has 546 valence electrons. The summed E-state index contributed by atoms with van der Waals surface area (Å²) in [5, 5.41) is 254. The molecule has 0 aliphatic carbocycles. The van der Waals surface area contributed by atoms with Gasteiger partial charge in [0.05, 0.1) is 52.4 Å². The first-order chi connectivity index (χ1) is 44.4. The maximum Gasteiger partial charge on any atom is 0.217 e. The van der Waals surface area contributed by atoms with Gasteiger partial charge in [0.1, 0.15) is 189 Å². The Labute approximate surface area is 532 Å². The average molecular weight is 1380 g/mol. The van der Waals surface area contributed by atoms with Crippen molar-refractivity contribution >= 4 is 11.8 Å². The maximum absolute atomic E-state index is 13.1. The Morgan fingerprint density at radius 2 is 0.649 bits per heavy atom. The van der Waals surface area contributed by atoms with E-state index in [0.29, 0.717) is 0 Å². The summed E-state index contributed by atoms with van der Waals surface area (Å²) < 4.78 is 87.7. The van der Waals surface area contributed by atoms with Crippen LogP contribution in [0.2, 0.25) is 0 Å². The number of carbonyl (C=O) groups excluding carboxylic acids is 2. The molecule has 0 bridgehead atoms. The second-order valence-electron chi connectivity index (χ2n) is 23.9. The van der Waals surface area contributed by atoms with Crippen LogP contribution in [-0.2, 0) is 80.6 Å². The molecule has 8 heterocycles. The summed E-state index contributed by atoms with van der Waals surface area (Å²) in [6, 6.07) is -3.72. The summed E-state index contributed by atoms with van der Waals surface area (Å²) >= 11 is 0. The van der Waals surface area contributed by atoms with E-state index >= 15 is 0 Å². The molecular formula is C52H88N2O40. The molecule has 40 atom stereocenters. The summed E-state index contributed by atoms with van der Waals surface area (Å²) in [5.74, 6) is -1.81. The van der Waals surface area contributed by atoms with Gasteiger partial charge in [-0.05, 0) is 6.92 Å². The molecule has 0 aromatic rings. The van der Waals surface area contributed by atoms with E-state index in [-0.39, 0.29) is 0 Å². The normalized spacial score (nSPS) is 51.2. The van der Waals surface area contributed by atoms with Crippen LogP contribution in [0.3, 0.4) is 0 Å². The van der Waals surface area contributed by atoms with Crippen LogP contribution < -0.4 is 10.6 Å². The highest BCUT2D eigenvalue weighted by molar-refractivity contribution is 5.73. The molecule has 8 aliphatic rings. The van der Waals surface area contributed by atoms with Gasteiger partial charge in [-0.1, -0.05) is 0 Å². The zero-order chi connectivity index (χ0) is 69.2. The molecule has 2 amide bonds. The molecule has 0 saturated carbocycles. The summed E-state index contributed by atoms with van der Waals surface area (Å²) in [6.45, 7) is -3.97. The Balaban J connectivity index is 1.04. The van der Waals surface area contributed by atoms with Gasteiger partial charge in [-0.25, -0.2) is 0 Å². The van der Waals surface area contributed by atoms with E-state index in [9.17, 15) is 127 Å². The van der Waals surface area contributed by atoms with E-state index in [0.717, 1.165) is 13.8 Å². The van der Waals surface area contributed by atoms with Crippen molar-refractivity contribution in [2.45, 2.75) is 266 Å². The Hall–Kier alpha value is -2.58. The highest BCUT2D eigenvalue weighted by Crippen LogP contribution is 2.39. The van der Waals surface area contributed by atoms with Crippen LogP contribution in [0.1, 0.15) is 20.8 Å². The second kappa shape index (κ2) is 33.3. The van der Waals surface area contributed by atoms with Crippen molar-refractivity contribution in [2.75, 3.05) is 46.2 Å². The fraction of sp³-hybridized carbons (Fsp3) is 0.962. The van der Waals surface area contributed by atoms with Gasteiger partial charge in [0.15, 0.2) is 50.3 Å². The molecule has 42 heteroatoms. The van der Waals surface area contributed by atoms with E-state index < -0.39 is 304 Å². The SMILES string of the molecule is CC(=O)N[C@H]1[C@H](O[C@@H]2[C@@H](O[C@@H]3[C@H](O)[C@@H](O)O[C@H](CO[C@H]4O[C@H](CO)[C@@H](O)[C@H](O)[C@@H]4O[C@@H]4O[C@H](CO)[C@@H](O[C@@H]5O[C@H](CO)[C@H](O)[C@H](O)[C@H]5O)[C@H](O[C@H]5O[C@H](C)[C@H](O)[C@H](O)[C@H]5O)[C@H]4NC(C)=O)[C@H]3O)O[C@H](CO)[C@@H](O)[C@@H]2O)O[C@H](CO)[C@@H](O[C@@H]2O[C@H](CO)[C@H](O)[C@H](O)[C@H]2O)[C@@H]1O. The predicted octanol–water partition coefficient (Wildman–Crippen LogP) is -17.1. The van der Waals surface area contributed by atoms with E-state index in [2.05, 4.69) is 10.6 Å². The molecule has 0 spiro atoms. The van der Waals surface area contributed by atoms with E-state index in [1.54, 1.807) is 0 Å². The van der Waals surface area contributed by atoms with Gasteiger partial charge < -0.3 is 199 Å². The quantitative estimate of drug-likeness (QED) is 0.0452. The van der Waals surface area contributed by atoms with Crippen molar-refractivity contribution in [1.82, 2.24) is 10.6 Å². The zero-order valence-electron chi connectivity index (χ0n) is 50.3. The number of hydrogen-bond donors (Lipinski definition) is 25. The van der Waals surface area contributed by atoms with E-state index in [1.807, 2.05) is 0 Å². The third-order valence-corrected chi connectivity index (χ3v) is 17.4. The lowest BCUT2D eigenvalue weighted by Gasteiger charge is -2.51. The van der Waals surface area contributed by atoms with Gasteiger partial charge in [-0.15, -0.1) is 0 Å². The molecule has 0 unspecified atom stereocenters. The Morgan fingerprint density at radius 1 is 0.298 bits per heavy atom. The van der Waals surface area contributed by atoms with Crippen LogP contribution in [0.25, 0.3) is 0 Å². The first-order valence-electron chi connectivity index (χ1n) is 30.0. The predicted molar refractivity (Wildman–Crippen MR) is 286 cm³/mol. The number of hydrogen-bond acceptors (Lipinski definition) is 40. The third-order valence-electron chi connectivity index (χ3n) is 17.4. The van der Waals surface area contributed by atoms with Gasteiger partial charge >= 0.3 is 0 Å². The van der Waals surface area contributed by atoms with E-state index in [4.69, 9.17) is 71.1 Å². The Morgan fingerprint density at radius 3 is 1.13 bits per heavy atom. The number of aliphatic hydroxyl groups excluding tert-OH is 23. The molecule has 94 heavy (non-hydrogen) atoms. The number of rotatable bonds is 23. The summed E-state index contributed by atoms with van der Waals surface area (Å²) in [6.07, 6.45) is -75.3. The minimum absolute atomic E-state index is 0.887. The monoisotopic (exact) mass is 1380 g/mol. The fourth-order valence-corrected chi connectivity index (χ4v) is 12.1. The minimum Gasteiger partial charge on any atom is -0.394 e. The van der Waals surface area contributed by atoms with Crippen molar-refractivity contribution < 1.29 is 198 Å². The van der Waals surface area contributed by atoms with Crippen LogP contribution in [0, 0.1) is 0 Å². The number of nitrogens with one attached hydrogen (secondary N) is 2. The lowest BCUT2D eigenvalue weighted by atomic mass is 9.93. The molecule has 8 aliphatic heterocycles. The zero-order valence-corrected chi connectivity index (χ0v) is 50.3. The summed E-state index contributed by atoms with van der Waals surface area (Å²) in [5.41, 5.74) is 0. The van der Waals surface area contributed by atoms with Crippen LogP contribution in [0.5, 0.6) is 0 Å². The molecule has 0 radical (unpaired) electrons. The van der Waals surface area contributed by atoms with Crippen LogP contribution in [-0.4, -0.2) is 421 Å². The van der Waals surface area contributed by atoms with Crippen molar-refractivity contribution in [3.63, 3.8) is 0 Å². The largest absolute Gasteiger partial charge is 0.394 e. The highest BCUT2D eigenvalue weighted by Gasteiger charge is 2.60. The molecule has 42 nitrogen and oxygen atoms in total. The van der Waals surface area contributed by atoms with Crippen molar-refractivity contribution in [3.05, 3.63) is 0 Å². The van der Waals surface area contributed by atoms with Gasteiger partial charge in [0.25, 0.3) is 0 Å². The highest BCUT2D eigenvalue weighted by atomic mass is 16.8. The number of aliphatic hydroxyl groups is 23. The first-order valence-corrected chi connectivity index (χ1v) is 30.0. The summed E-state index contributed by atoms with van der Waals surface area (Å²) in [4.78, 5) is 25.8. The summed E-state index contributed by atoms with van der Waals surface area (Å²) in [7, 11) is 0. The van der Waals surface area contributed by atoms with Gasteiger partial charge in [0, 0.05) is 13.8 Å². The fourth-order valence-electron chi connectivity index (χ4n) is 12.1. The van der Waals surface area contributed by atoms with Gasteiger partial charge in [-0.3, -0.25) is 9.59 Å². The standard InChI is InChI=1S/C52H88N2O40/c1-11-23(63)30(70)35(75)48(81-11)91-41-22(54-13(3)62)47(88-19(9-60)40(41)90-50-37(77)32(72)25(65)15(5-56)84-50)93-43-33(73)26(66)16(6-57)85-51(43)80-10-20-28(68)42(38(78)45(79)82-20)92-52-44(34(74)27(67)17(7-58)86-52)94-46-21(53-12(2)61)29(69)39(18(8-59)87-46)89-49-36(76)31(71)24(64)14(4-55)83-49/h11,14-52,55-60,63-79H,4-10H2,1-3H3,(H,53,61)(H,54,62)/t11-,14-,15-,16-,17-,18-,19-,20-,21-,22-,23+,24+,25+,26-,27-,28-,29-,30+,31+,32+,33+,34+,35-,36-,37-,38+,39-,40-,41-,42+,43+,44+,45+,46+,47+,48-,49+,50+,51+,52-/m1/s1. The number of ether oxygens (including phenoxy) is 15. The Kier molecular flexibility index (Phi) is 27.3. The second-order valence-corrected chi connectivity index (χ2v) is 23.9. The maximum atomic E-state index is 13.1. The first kappa shape index (κ1) is 77.2. The van der Waals surface area contributed by atoms with E-state index in [1.165, 1.54) is 6.92 Å². The third kappa shape index (κ3) is 16.4. The molecule has 0 aromatic carbocycles. The number of amides is 2. The minimum atomic E-state index is -2.36. The molecular weight excluding hydrogens is 1290 g/mol. The van der Waals surface area contributed by atoms with Crippen LogP contribution in [0.15, 0.2) is 0 Å². The smallest absolute Gasteiger partial charge is 0.217 e. The topological polar surface area (TPSA) is 662 Å². The Bertz CT molecular complexity index is 2370. The van der Waals surface area contributed by atoms with Crippen molar-refractivity contribution in [1.29, 1.82) is 0 Å². The van der Waals surface area contributed by atoms with Crippen molar-refractivity contribution in [3.8, 4) is 0 Å². The molecule has 8 saturated heterocycles. The van der Waals surface area contributed by atoms with Crippen LogP contribution >= 0.6 is 0 Å². The molecule has 8 fully saturated rings. The van der Waals surface area contributed by atoms with Gasteiger partial charge in [-0.2, -0.15) is 0 Å². The number of carbonyl (C=O) groups is 2. The van der Waals surface area contributed by atoms with Crippen LogP contribution in [0.4, 0.5) is 0 Å². The lowest BCUT2D eigenvalue weighted by Crippen LogP contribution is -2.71. The average Bonchev–Trinajstić information content (AvgIpc) is 0.777.